The van der Waals surface area contributed by atoms with Crippen molar-refractivity contribution in [2.45, 2.75) is 37.1 Å². The molecule has 0 amide bonds. The van der Waals surface area contributed by atoms with Crippen molar-refractivity contribution in [3.05, 3.63) is 35.9 Å². The largest absolute Gasteiger partial charge is 0.457 e. The van der Waals surface area contributed by atoms with Crippen LogP contribution in [-0.4, -0.2) is 43.1 Å². The Labute approximate surface area is 123 Å². The zero-order valence-electron chi connectivity index (χ0n) is 11.9. The summed E-state index contributed by atoms with van der Waals surface area (Å²) in [7, 11) is 1.60. The highest BCUT2D eigenvalue weighted by Crippen LogP contribution is 2.31. The van der Waals surface area contributed by atoms with Gasteiger partial charge in [-0.15, -0.1) is 0 Å². The zero-order chi connectivity index (χ0) is 14.5. The van der Waals surface area contributed by atoms with E-state index in [-0.39, 0.29) is 29.7 Å². The van der Waals surface area contributed by atoms with Crippen LogP contribution in [0.1, 0.15) is 23.7 Å². The number of hydrogen-bond donors (Lipinski definition) is 0. The van der Waals surface area contributed by atoms with Gasteiger partial charge in [0.2, 0.25) is 0 Å². The molecular formula is C15H20O4S. The van der Waals surface area contributed by atoms with Crippen molar-refractivity contribution >= 4 is 17.7 Å². The molecule has 5 heteroatoms. The first-order valence-corrected chi connectivity index (χ1v) is 7.91. The summed E-state index contributed by atoms with van der Waals surface area (Å²) in [4.78, 5) is 12.2. The highest BCUT2D eigenvalue weighted by Gasteiger charge is 2.38. The lowest BCUT2D eigenvalue weighted by molar-refractivity contribution is -0.195. The van der Waals surface area contributed by atoms with Crippen LogP contribution in [0.2, 0.25) is 0 Å². The normalized spacial score (nSPS) is 29.9. The van der Waals surface area contributed by atoms with Crippen LogP contribution in [0, 0.1) is 0 Å². The summed E-state index contributed by atoms with van der Waals surface area (Å²) in [6.45, 7) is 1.98. The molecule has 1 aliphatic heterocycles. The topological polar surface area (TPSA) is 44.8 Å². The summed E-state index contributed by atoms with van der Waals surface area (Å²) >= 11 is 1.65. The Morgan fingerprint density at radius 1 is 1.35 bits per heavy atom. The average molecular weight is 296 g/mol. The molecule has 0 radical (unpaired) electrons. The lowest BCUT2D eigenvalue weighted by Crippen LogP contribution is -2.47. The standard InChI is InChI=1S/C15H20O4S/c1-10-14(20-3)12(9-13(17-2)18-10)19-15(16)11-7-5-4-6-8-11/h4-8,10,12-14H,9H2,1-3H3/t10-,12-,13+,14+/m1/s1. The van der Waals surface area contributed by atoms with Gasteiger partial charge in [-0.25, -0.2) is 4.79 Å². The van der Waals surface area contributed by atoms with Gasteiger partial charge in [0.1, 0.15) is 6.10 Å². The van der Waals surface area contributed by atoms with Crippen LogP contribution in [-0.2, 0) is 14.2 Å². The minimum atomic E-state index is -0.318. The van der Waals surface area contributed by atoms with Crippen molar-refractivity contribution in [2.24, 2.45) is 0 Å². The van der Waals surface area contributed by atoms with Crippen molar-refractivity contribution in [1.29, 1.82) is 0 Å². The van der Waals surface area contributed by atoms with Crippen molar-refractivity contribution in [3.63, 3.8) is 0 Å². The van der Waals surface area contributed by atoms with Crippen LogP contribution < -0.4 is 0 Å². The lowest BCUT2D eigenvalue weighted by Gasteiger charge is -2.38. The van der Waals surface area contributed by atoms with Crippen LogP contribution in [0.4, 0.5) is 0 Å². The van der Waals surface area contributed by atoms with Crippen molar-refractivity contribution in [3.8, 4) is 0 Å². The van der Waals surface area contributed by atoms with E-state index >= 15 is 0 Å². The summed E-state index contributed by atoms with van der Waals surface area (Å²) in [5.41, 5.74) is 0.570. The molecule has 110 valence electrons. The van der Waals surface area contributed by atoms with E-state index in [0.717, 1.165) is 0 Å². The monoisotopic (exact) mass is 296 g/mol. The third kappa shape index (κ3) is 3.53. The number of carbonyl (C=O) groups is 1. The molecule has 1 aliphatic rings. The number of thioether (sulfide) groups is 1. The molecule has 0 unspecified atom stereocenters. The van der Waals surface area contributed by atoms with Gasteiger partial charge in [0.05, 0.1) is 16.9 Å². The van der Waals surface area contributed by atoms with Gasteiger partial charge in [0.15, 0.2) is 6.29 Å². The minimum absolute atomic E-state index is 0.0164. The maximum atomic E-state index is 12.2. The first-order valence-electron chi connectivity index (χ1n) is 6.62. The number of ether oxygens (including phenoxy) is 3. The Hall–Kier alpha value is -1.04. The summed E-state index contributed by atoms with van der Waals surface area (Å²) in [6, 6.07) is 9.04. The second-order valence-electron chi connectivity index (χ2n) is 4.75. The Morgan fingerprint density at radius 3 is 2.65 bits per heavy atom. The van der Waals surface area contributed by atoms with Crippen molar-refractivity contribution < 1.29 is 19.0 Å². The van der Waals surface area contributed by atoms with E-state index in [0.29, 0.717) is 12.0 Å². The van der Waals surface area contributed by atoms with Gasteiger partial charge in [0, 0.05) is 13.5 Å². The van der Waals surface area contributed by atoms with E-state index in [1.807, 2.05) is 31.4 Å². The molecule has 0 N–H and O–H groups in total. The van der Waals surface area contributed by atoms with Crippen LogP contribution in [0.25, 0.3) is 0 Å². The van der Waals surface area contributed by atoms with E-state index in [9.17, 15) is 4.79 Å². The highest BCUT2D eigenvalue weighted by atomic mass is 32.2. The smallest absolute Gasteiger partial charge is 0.338 e. The zero-order valence-corrected chi connectivity index (χ0v) is 12.8. The second kappa shape index (κ2) is 7.11. The first kappa shape index (κ1) is 15.4. The molecule has 1 fully saturated rings. The Morgan fingerprint density at radius 2 is 2.05 bits per heavy atom. The minimum Gasteiger partial charge on any atom is -0.457 e. The second-order valence-corrected chi connectivity index (χ2v) is 5.77. The van der Waals surface area contributed by atoms with Gasteiger partial charge < -0.3 is 14.2 Å². The van der Waals surface area contributed by atoms with E-state index in [4.69, 9.17) is 14.2 Å². The van der Waals surface area contributed by atoms with E-state index in [2.05, 4.69) is 0 Å². The molecule has 2 rings (SSSR count). The fourth-order valence-corrected chi connectivity index (χ4v) is 3.31. The predicted molar refractivity (Wildman–Crippen MR) is 78.9 cm³/mol. The van der Waals surface area contributed by atoms with Gasteiger partial charge in [0.25, 0.3) is 0 Å². The molecule has 1 saturated heterocycles. The third-order valence-electron chi connectivity index (χ3n) is 3.42. The number of benzene rings is 1. The average Bonchev–Trinajstić information content (AvgIpc) is 2.47. The molecule has 0 spiro atoms. The van der Waals surface area contributed by atoms with Gasteiger partial charge in [-0.3, -0.25) is 0 Å². The Balaban J connectivity index is 2.07. The molecule has 1 aromatic rings. The summed E-state index contributed by atoms with van der Waals surface area (Å²) in [5, 5.41) is 0.120. The highest BCUT2D eigenvalue weighted by molar-refractivity contribution is 7.99. The van der Waals surface area contributed by atoms with Crippen LogP contribution in [0.3, 0.4) is 0 Å². The Kier molecular flexibility index (Phi) is 5.46. The molecular weight excluding hydrogens is 276 g/mol. The molecule has 0 aliphatic carbocycles. The first-order chi connectivity index (χ1) is 9.65. The fourth-order valence-electron chi connectivity index (χ4n) is 2.39. The maximum absolute atomic E-state index is 12.2. The molecule has 1 aromatic carbocycles. The lowest BCUT2D eigenvalue weighted by atomic mass is 10.1. The van der Waals surface area contributed by atoms with E-state index in [1.165, 1.54) is 0 Å². The number of methoxy groups -OCH3 is 1. The van der Waals surface area contributed by atoms with Crippen molar-refractivity contribution in [2.75, 3.05) is 13.4 Å². The summed E-state index contributed by atoms with van der Waals surface area (Å²) in [5.74, 6) is -0.293. The van der Waals surface area contributed by atoms with Crippen LogP contribution in [0.5, 0.6) is 0 Å². The van der Waals surface area contributed by atoms with Gasteiger partial charge in [-0.05, 0) is 25.3 Å². The SMILES string of the molecule is CO[C@@H]1C[C@@H](OC(=O)c2ccccc2)[C@@H](SC)[C@@H](C)O1. The maximum Gasteiger partial charge on any atom is 0.338 e. The summed E-state index contributed by atoms with van der Waals surface area (Å²) < 4.78 is 16.6. The van der Waals surface area contributed by atoms with Crippen LogP contribution in [0.15, 0.2) is 30.3 Å². The molecule has 0 saturated carbocycles. The van der Waals surface area contributed by atoms with E-state index < -0.39 is 0 Å². The predicted octanol–water partition coefficient (Wildman–Crippen LogP) is 2.72. The summed E-state index contributed by atoms with van der Waals surface area (Å²) in [6.07, 6.45) is 2.03. The van der Waals surface area contributed by atoms with E-state index in [1.54, 1.807) is 31.0 Å². The fraction of sp³-hybridized carbons (Fsp3) is 0.533. The number of hydrogen-bond acceptors (Lipinski definition) is 5. The Bertz CT molecular complexity index is 437. The molecule has 1 heterocycles. The molecule has 4 atom stereocenters. The molecule has 0 bridgehead atoms. The third-order valence-corrected chi connectivity index (χ3v) is 4.65. The molecule has 20 heavy (non-hydrogen) atoms. The van der Waals surface area contributed by atoms with Crippen LogP contribution >= 0.6 is 11.8 Å². The number of carbonyl (C=O) groups excluding carboxylic acids is 1. The molecule has 4 nitrogen and oxygen atoms in total. The van der Waals surface area contributed by atoms with Gasteiger partial charge >= 0.3 is 5.97 Å². The van der Waals surface area contributed by atoms with Gasteiger partial charge in [-0.2, -0.15) is 11.8 Å². The van der Waals surface area contributed by atoms with Gasteiger partial charge in [-0.1, -0.05) is 18.2 Å². The number of esters is 1. The van der Waals surface area contributed by atoms with Crippen molar-refractivity contribution in [1.82, 2.24) is 0 Å². The number of rotatable bonds is 4. The molecule has 0 aromatic heterocycles. The quantitative estimate of drug-likeness (QED) is 0.799.